The maximum absolute atomic E-state index is 11.9. The minimum atomic E-state index is -1.24. The molecular weight excluding hydrogens is 216 g/mol. The SMILES string of the molecule is CCCC(O)(C(=O)OCC)C1CC(C(C)C)C1. The fourth-order valence-electron chi connectivity index (χ4n) is 2.71. The first kappa shape index (κ1) is 14.5. The zero-order valence-corrected chi connectivity index (χ0v) is 11.5. The molecule has 1 aliphatic carbocycles. The second kappa shape index (κ2) is 5.85. The molecule has 1 unspecified atom stereocenters. The third-order valence-electron chi connectivity index (χ3n) is 4.05. The maximum Gasteiger partial charge on any atom is 0.338 e. The summed E-state index contributed by atoms with van der Waals surface area (Å²) in [5, 5.41) is 10.6. The maximum atomic E-state index is 11.9. The second-order valence-electron chi connectivity index (χ2n) is 5.57. The van der Waals surface area contributed by atoms with E-state index in [0.29, 0.717) is 24.9 Å². The van der Waals surface area contributed by atoms with Crippen molar-refractivity contribution in [1.29, 1.82) is 0 Å². The Bertz CT molecular complexity index is 256. The van der Waals surface area contributed by atoms with E-state index in [1.165, 1.54) is 0 Å². The Morgan fingerprint density at radius 2 is 2.00 bits per heavy atom. The Balaban J connectivity index is 2.63. The van der Waals surface area contributed by atoms with Crippen LogP contribution in [0, 0.1) is 17.8 Å². The summed E-state index contributed by atoms with van der Waals surface area (Å²) in [6, 6.07) is 0. The summed E-state index contributed by atoms with van der Waals surface area (Å²) < 4.78 is 5.02. The molecule has 1 fully saturated rings. The molecule has 0 aromatic carbocycles. The standard InChI is InChI=1S/C14H26O3/c1-5-7-14(16,13(15)17-6-2)12-8-11(9-12)10(3)4/h10-12,16H,5-9H2,1-4H3. The van der Waals surface area contributed by atoms with Gasteiger partial charge in [0.15, 0.2) is 5.60 Å². The number of carbonyl (C=O) groups is 1. The molecule has 1 N–H and O–H groups in total. The van der Waals surface area contributed by atoms with Gasteiger partial charge in [-0.2, -0.15) is 0 Å². The number of rotatable bonds is 6. The summed E-state index contributed by atoms with van der Waals surface area (Å²) >= 11 is 0. The van der Waals surface area contributed by atoms with Crippen LogP contribution in [0.15, 0.2) is 0 Å². The second-order valence-corrected chi connectivity index (χ2v) is 5.57. The van der Waals surface area contributed by atoms with Gasteiger partial charge in [-0.25, -0.2) is 4.79 Å². The largest absolute Gasteiger partial charge is 0.464 e. The molecule has 0 aromatic heterocycles. The average Bonchev–Trinajstić information content (AvgIpc) is 2.15. The van der Waals surface area contributed by atoms with Crippen molar-refractivity contribution in [3.8, 4) is 0 Å². The number of carbonyl (C=O) groups excluding carboxylic acids is 1. The van der Waals surface area contributed by atoms with Crippen LogP contribution in [0.2, 0.25) is 0 Å². The summed E-state index contributed by atoms with van der Waals surface area (Å²) in [7, 11) is 0. The van der Waals surface area contributed by atoms with E-state index in [9.17, 15) is 9.90 Å². The van der Waals surface area contributed by atoms with Crippen molar-refractivity contribution in [2.24, 2.45) is 17.8 Å². The molecule has 1 aliphatic rings. The highest BCUT2D eigenvalue weighted by Crippen LogP contribution is 2.46. The van der Waals surface area contributed by atoms with Crippen molar-refractivity contribution in [3.05, 3.63) is 0 Å². The predicted octanol–water partition coefficient (Wildman–Crippen LogP) is 2.76. The quantitative estimate of drug-likeness (QED) is 0.728. The Labute approximate surface area is 105 Å². The van der Waals surface area contributed by atoms with Crippen LogP contribution >= 0.6 is 0 Å². The van der Waals surface area contributed by atoms with Crippen molar-refractivity contribution >= 4 is 5.97 Å². The monoisotopic (exact) mass is 242 g/mol. The van der Waals surface area contributed by atoms with E-state index in [4.69, 9.17) is 4.74 Å². The highest BCUT2D eigenvalue weighted by atomic mass is 16.5. The van der Waals surface area contributed by atoms with Crippen molar-refractivity contribution in [2.45, 2.75) is 59.0 Å². The number of hydrogen-bond acceptors (Lipinski definition) is 3. The Hall–Kier alpha value is -0.570. The molecule has 0 saturated heterocycles. The van der Waals surface area contributed by atoms with Gasteiger partial charge in [0.1, 0.15) is 0 Å². The minimum absolute atomic E-state index is 0.0916. The summed E-state index contributed by atoms with van der Waals surface area (Å²) in [4.78, 5) is 11.9. The molecule has 3 heteroatoms. The first-order valence-electron chi connectivity index (χ1n) is 6.85. The summed E-state index contributed by atoms with van der Waals surface area (Å²) in [6.45, 7) is 8.50. The summed E-state index contributed by atoms with van der Waals surface area (Å²) in [5.74, 6) is 0.958. The molecule has 17 heavy (non-hydrogen) atoms. The van der Waals surface area contributed by atoms with Gasteiger partial charge in [-0.1, -0.05) is 27.2 Å². The molecule has 1 rings (SSSR count). The van der Waals surface area contributed by atoms with Crippen LogP contribution < -0.4 is 0 Å². The molecular formula is C14H26O3. The predicted molar refractivity (Wildman–Crippen MR) is 67.5 cm³/mol. The lowest BCUT2D eigenvalue weighted by atomic mass is 9.62. The fourth-order valence-corrected chi connectivity index (χ4v) is 2.71. The van der Waals surface area contributed by atoms with Crippen LogP contribution in [0.25, 0.3) is 0 Å². The van der Waals surface area contributed by atoms with E-state index in [1.54, 1.807) is 6.92 Å². The van der Waals surface area contributed by atoms with Gasteiger partial charge in [-0.3, -0.25) is 0 Å². The van der Waals surface area contributed by atoms with E-state index in [0.717, 1.165) is 19.3 Å². The molecule has 3 nitrogen and oxygen atoms in total. The number of esters is 1. The Kier molecular flexibility index (Phi) is 4.99. The first-order valence-corrected chi connectivity index (χ1v) is 6.85. The zero-order chi connectivity index (χ0) is 13.1. The van der Waals surface area contributed by atoms with E-state index in [-0.39, 0.29) is 5.92 Å². The normalized spacial score (nSPS) is 27.4. The van der Waals surface area contributed by atoms with Gasteiger partial charge < -0.3 is 9.84 Å². The summed E-state index contributed by atoms with van der Waals surface area (Å²) in [5.41, 5.74) is -1.24. The van der Waals surface area contributed by atoms with Crippen LogP contribution in [-0.4, -0.2) is 23.3 Å². The molecule has 0 bridgehead atoms. The van der Waals surface area contributed by atoms with Gasteiger partial charge in [0.2, 0.25) is 0 Å². The third kappa shape index (κ3) is 3.01. The molecule has 0 aliphatic heterocycles. The molecule has 0 spiro atoms. The van der Waals surface area contributed by atoms with Crippen LogP contribution in [0.4, 0.5) is 0 Å². The molecule has 0 radical (unpaired) electrons. The lowest BCUT2D eigenvalue weighted by Crippen LogP contribution is -2.52. The van der Waals surface area contributed by atoms with E-state index >= 15 is 0 Å². The smallest absolute Gasteiger partial charge is 0.338 e. The van der Waals surface area contributed by atoms with Gasteiger partial charge in [0.05, 0.1) is 6.61 Å². The van der Waals surface area contributed by atoms with Gasteiger partial charge in [0.25, 0.3) is 0 Å². The molecule has 100 valence electrons. The lowest BCUT2D eigenvalue weighted by molar-refractivity contribution is -0.180. The highest BCUT2D eigenvalue weighted by molar-refractivity contribution is 5.79. The van der Waals surface area contributed by atoms with Crippen LogP contribution in [0.5, 0.6) is 0 Å². The van der Waals surface area contributed by atoms with Gasteiger partial charge in [-0.15, -0.1) is 0 Å². The van der Waals surface area contributed by atoms with Gasteiger partial charge >= 0.3 is 5.97 Å². The van der Waals surface area contributed by atoms with Gasteiger partial charge in [0, 0.05) is 0 Å². The third-order valence-corrected chi connectivity index (χ3v) is 4.05. The number of hydrogen-bond donors (Lipinski definition) is 1. The van der Waals surface area contributed by atoms with E-state index in [2.05, 4.69) is 13.8 Å². The van der Waals surface area contributed by atoms with Crippen molar-refractivity contribution < 1.29 is 14.6 Å². The average molecular weight is 242 g/mol. The zero-order valence-electron chi connectivity index (χ0n) is 11.5. The number of ether oxygens (including phenoxy) is 1. The fraction of sp³-hybridized carbons (Fsp3) is 0.929. The topological polar surface area (TPSA) is 46.5 Å². The molecule has 0 amide bonds. The number of aliphatic hydroxyl groups is 1. The Morgan fingerprint density at radius 1 is 1.41 bits per heavy atom. The van der Waals surface area contributed by atoms with E-state index in [1.807, 2.05) is 6.92 Å². The van der Waals surface area contributed by atoms with Crippen molar-refractivity contribution in [1.82, 2.24) is 0 Å². The molecule has 1 saturated carbocycles. The van der Waals surface area contributed by atoms with Crippen LogP contribution in [0.3, 0.4) is 0 Å². The minimum Gasteiger partial charge on any atom is -0.464 e. The van der Waals surface area contributed by atoms with Crippen LogP contribution in [-0.2, 0) is 9.53 Å². The molecule has 0 aromatic rings. The lowest BCUT2D eigenvalue weighted by Gasteiger charge is -2.46. The van der Waals surface area contributed by atoms with Crippen LogP contribution in [0.1, 0.15) is 53.4 Å². The summed E-state index contributed by atoms with van der Waals surface area (Å²) in [6.07, 6.45) is 3.22. The highest BCUT2D eigenvalue weighted by Gasteiger charge is 2.50. The van der Waals surface area contributed by atoms with Gasteiger partial charge in [-0.05, 0) is 43.9 Å². The van der Waals surface area contributed by atoms with Crippen molar-refractivity contribution in [3.63, 3.8) is 0 Å². The Morgan fingerprint density at radius 3 is 2.41 bits per heavy atom. The van der Waals surface area contributed by atoms with E-state index < -0.39 is 11.6 Å². The molecule has 1 atom stereocenters. The first-order chi connectivity index (χ1) is 7.95. The molecule has 0 heterocycles. The van der Waals surface area contributed by atoms with Crippen molar-refractivity contribution in [2.75, 3.05) is 6.61 Å².